The Morgan fingerprint density at radius 3 is 2.64 bits per heavy atom. The zero-order valence-electron chi connectivity index (χ0n) is 14.3. The minimum Gasteiger partial charge on any atom is -0.468 e. The van der Waals surface area contributed by atoms with Crippen LogP contribution < -0.4 is 22.5 Å². The van der Waals surface area contributed by atoms with Crippen LogP contribution in [0.2, 0.25) is 0 Å². The quantitative estimate of drug-likeness (QED) is 0.280. The zero-order valence-corrected chi connectivity index (χ0v) is 14.3. The largest absolute Gasteiger partial charge is 0.468 e. The van der Waals surface area contributed by atoms with Crippen molar-refractivity contribution in [2.24, 2.45) is 17.2 Å². The Bertz CT molecular complexity index is 588. The Labute approximate surface area is 146 Å². The average molecular weight is 354 g/mol. The predicted octanol–water partition coefficient (Wildman–Crippen LogP) is -1.86. The number of rotatable bonds is 10. The van der Waals surface area contributed by atoms with Gasteiger partial charge in [0.15, 0.2) is 0 Å². The molecule has 10 nitrogen and oxygen atoms in total. The topological polar surface area (TPSA) is 168 Å². The number of imidazole rings is 1. The van der Waals surface area contributed by atoms with Crippen molar-refractivity contribution in [1.82, 2.24) is 14.9 Å². The van der Waals surface area contributed by atoms with Crippen molar-refractivity contribution in [2.75, 3.05) is 20.2 Å². The van der Waals surface area contributed by atoms with Gasteiger partial charge in [-0.25, -0.2) is 4.98 Å². The van der Waals surface area contributed by atoms with Crippen LogP contribution in [0.4, 0.5) is 0 Å². The number of aromatic nitrogens is 2. The molecule has 0 saturated carbocycles. The molecular weight excluding hydrogens is 328 g/mol. The van der Waals surface area contributed by atoms with E-state index in [-0.39, 0.29) is 18.9 Å². The lowest BCUT2D eigenvalue weighted by Crippen LogP contribution is -2.44. The van der Waals surface area contributed by atoms with Crippen LogP contribution in [0.5, 0.6) is 0 Å². The van der Waals surface area contributed by atoms with Gasteiger partial charge in [-0.1, -0.05) is 6.42 Å². The number of esters is 1. The van der Waals surface area contributed by atoms with Gasteiger partial charge in [0.25, 0.3) is 0 Å². The molecule has 10 heteroatoms. The van der Waals surface area contributed by atoms with Gasteiger partial charge in [0.05, 0.1) is 24.9 Å². The summed E-state index contributed by atoms with van der Waals surface area (Å²) < 4.78 is 5.71. The van der Waals surface area contributed by atoms with Gasteiger partial charge >= 0.3 is 5.97 Å². The minimum atomic E-state index is -0.902. The molecule has 7 N–H and O–H groups in total. The summed E-state index contributed by atoms with van der Waals surface area (Å²) in [5.74, 6) is -1.36. The van der Waals surface area contributed by atoms with E-state index in [0.717, 1.165) is 12.8 Å². The fourth-order valence-corrected chi connectivity index (χ4v) is 2.09. The average Bonchev–Trinajstić information content (AvgIpc) is 3.06. The second kappa shape index (κ2) is 10.5. The van der Waals surface area contributed by atoms with E-state index in [1.54, 1.807) is 0 Å². The van der Waals surface area contributed by atoms with Gasteiger partial charge < -0.3 is 27.3 Å². The lowest BCUT2D eigenvalue weighted by Gasteiger charge is -2.11. The number of hydrogen-bond donors (Lipinski definition) is 4. The Morgan fingerprint density at radius 1 is 1.28 bits per heavy atom. The molecule has 0 aliphatic carbocycles. The molecule has 0 aliphatic rings. The lowest BCUT2D eigenvalue weighted by molar-refractivity contribution is -0.141. The molecule has 0 fully saturated rings. The van der Waals surface area contributed by atoms with Crippen molar-refractivity contribution in [3.63, 3.8) is 0 Å². The number of unbranched alkanes of at least 4 members (excludes halogenated alkanes) is 1. The maximum atomic E-state index is 12.2. The second-order valence-corrected chi connectivity index (χ2v) is 5.61. The van der Waals surface area contributed by atoms with Gasteiger partial charge in [-0.2, -0.15) is 0 Å². The van der Waals surface area contributed by atoms with Gasteiger partial charge in [-0.3, -0.25) is 19.0 Å². The molecule has 25 heavy (non-hydrogen) atoms. The van der Waals surface area contributed by atoms with Gasteiger partial charge in [0, 0.05) is 12.6 Å². The summed E-state index contributed by atoms with van der Waals surface area (Å²) in [6, 6.07) is -1.54. The molecule has 0 aliphatic heterocycles. The summed E-state index contributed by atoms with van der Waals surface area (Å²) >= 11 is 0. The number of carbonyl (C=O) groups excluding carboxylic acids is 3. The number of nitrogens with one attached hydrogen (secondary N) is 1. The van der Waals surface area contributed by atoms with Crippen LogP contribution in [0, 0.1) is 0 Å². The number of ether oxygens (including phenoxy) is 1. The van der Waals surface area contributed by atoms with Crippen LogP contribution >= 0.6 is 0 Å². The highest BCUT2D eigenvalue weighted by atomic mass is 16.5. The Morgan fingerprint density at radius 2 is 2.00 bits per heavy atom. The van der Waals surface area contributed by atoms with E-state index < -0.39 is 24.0 Å². The van der Waals surface area contributed by atoms with Crippen LogP contribution in [-0.2, 0) is 20.7 Å². The third-order valence-electron chi connectivity index (χ3n) is 3.58. The SMILES string of the molecule is COC(=O)CNC(=O)[C@@H](N)Cc1cn(C(=O)[C@@H](N)CCCCN)cn1. The van der Waals surface area contributed by atoms with Gasteiger partial charge in [0.2, 0.25) is 11.8 Å². The number of nitrogens with two attached hydrogens (primary N) is 3. The summed E-state index contributed by atoms with van der Waals surface area (Å²) in [5, 5.41) is 2.36. The first kappa shape index (κ1) is 20.7. The molecular formula is C15H26N6O4. The Kier molecular flexibility index (Phi) is 8.75. The summed E-state index contributed by atoms with van der Waals surface area (Å²) in [5.41, 5.74) is 17.5. The first-order chi connectivity index (χ1) is 11.9. The molecule has 0 aromatic carbocycles. The van der Waals surface area contributed by atoms with E-state index in [2.05, 4.69) is 15.0 Å². The molecule has 0 spiro atoms. The number of methoxy groups -OCH3 is 1. The van der Waals surface area contributed by atoms with Crippen LogP contribution in [0.1, 0.15) is 29.8 Å². The van der Waals surface area contributed by atoms with E-state index in [9.17, 15) is 14.4 Å². The van der Waals surface area contributed by atoms with Crippen molar-refractivity contribution >= 4 is 17.8 Å². The van der Waals surface area contributed by atoms with Crippen molar-refractivity contribution < 1.29 is 19.1 Å². The lowest BCUT2D eigenvalue weighted by atomic mass is 10.1. The van der Waals surface area contributed by atoms with Crippen LogP contribution in [-0.4, -0.2) is 59.6 Å². The molecule has 1 rings (SSSR count). The van der Waals surface area contributed by atoms with Gasteiger partial charge in [-0.15, -0.1) is 0 Å². The van der Waals surface area contributed by atoms with E-state index in [0.29, 0.717) is 18.7 Å². The molecule has 1 heterocycles. The van der Waals surface area contributed by atoms with Gasteiger partial charge in [0.1, 0.15) is 12.9 Å². The standard InChI is InChI=1S/C15H26N6O4/c1-25-13(22)7-19-14(23)12(18)6-10-8-21(9-20-10)15(24)11(17)4-2-3-5-16/h8-9,11-12H,2-7,16-18H2,1H3,(H,19,23)/t11-,12-/m0/s1. The molecule has 0 saturated heterocycles. The van der Waals surface area contributed by atoms with E-state index in [4.69, 9.17) is 17.2 Å². The first-order valence-electron chi connectivity index (χ1n) is 8.01. The number of amides is 1. The third-order valence-corrected chi connectivity index (χ3v) is 3.58. The van der Waals surface area contributed by atoms with Crippen molar-refractivity contribution in [2.45, 2.75) is 37.8 Å². The molecule has 2 atom stereocenters. The molecule has 1 aromatic heterocycles. The smallest absolute Gasteiger partial charge is 0.325 e. The van der Waals surface area contributed by atoms with E-state index in [1.807, 2.05) is 0 Å². The maximum Gasteiger partial charge on any atom is 0.325 e. The highest BCUT2D eigenvalue weighted by molar-refractivity contribution is 5.86. The molecule has 1 amide bonds. The summed E-state index contributed by atoms with van der Waals surface area (Å²) in [7, 11) is 1.22. The summed E-state index contributed by atoms with van der Waals surface area (Å²) in [6.45, 7) is 0.305. The highest BCUT2D eigenvalue weighted by Gasteiger charge is 2.19. The van der Waals surface area contributed by atoms with Crippen LogP contribution in [0.15, 0.2) is 12.5 Å². The summed E-state index contributed by atoms with van der Waals surface area (Å²) in [4.78, 5) is 39.0. The monoisotopic (exact) mass is 354 g/mol. The van der Waals surface area contributed by atoms with Crippen molar-refractivity contribution in [1.29, 1.82) is 0 Å². The van der Waals surface area contributed by atoms with Crippen molar-refractivity contribution in [3.8, 4) is 0 Å². The first-order valence-corrected chi connectivity index (χ1v) is 8.01. The number of hydrogen-bond acceptors (Lipinski definition) is 8. The maximum absolute atomic E-state index is 12.2. The summed E-state index contributed by atoms with van der Waals surface area (Å²) in [6.07, 6.45) is 5.09. The van der Waals surface area contributed by atoms with E-state index in [1.165, 1.54) is 24.2 Å². The predicted molar refractivity (Wildman–Crippen MR) is 90.4 cm³/mol. The fraction of sp³-hybridized carbons (Fsp3) is 0.600. The second-order valence-electron chi connectivity index (χ2n) is 5.61. The molecule has 1 aromatic rings. The Balaban J connectivity index is 2.52. The number of carbonyl (C=O) groups is 3. The molecule has 0 bridgehead atoms. The van der Waals surface area contributed by atoms with Crippen molar-refractivity contribution in [3.05, 3.63) is 18.2 Å². The van der Waals surface area contributed by atoms with Crippen LogP contribution in [0.25, 0.3) is 0 Å². The zero-order chi connectivity index (χ0) is 18.8. The molecule has 140 valence electrons. The van der Waals surface area contributed by atoms with Crippen LogP contribution in [0.3, 0.4) is 0 Å². The molecule has 0 unspecified atom stereocenters. The Hall–Kier alpha value is -2.30. The third kappa shape index (κ3) is 6.99. The minimum absolute atomic E-state index is 0.121. The van der Waals surface area contributed by atoms with Gasteiger partial charge in [-0.05, 0) is 19.4 Å². The van der Waals surface area contributed by atoms with E-state index >= 15 is 0 Å². The fourth-order valence-electron chi connectivity index (χ4n) is 2.09. The number of nitrogens with zero attached hydrogens (tertiary/aromatic N) is 2. The normalized spacial score (nSPS) is 13.1. The highest BCUT2D eigenvalue weighted by Crippen LogP contribution is 2.05. The molecule has 0 radical (unpaired) electrons.